The van der Waals surface area contributed by atoms with Crippen molar-refractivity contribution in [3.63, 3.8) is 0 Å². The lowest BCUT2D eigenvalue weighted by atomic mass is 10.1. The van der Waals surface area contributed by atoms with Crippen molar-refractivity contribution in [1.29, 1.82) is 0 Å². The van der Waals surface area contributed by atoms with Crippen molar-refractivity contribution < 1.29 is 19.0 Å². The molecule has 0 saturated carbocycles. The first kappa shape index (κ1) is 24.2. The van der Waals surface area contributed by atoms with Crippen LogP contribution >= 0.6 is 61.1 Å². The van der Waals surface area contributed by atoms with Gasteiger partial charge in [0.15, 0.2) is 17.2 Å². The minimum atomic E-state index is -0.483. The van der Waals surface area contributed by atoms with Gasteiger partial charge in [0, 0.05) is 19.2 Å². The number of hydrogen-bond donors (Lipinski definition) is 0. The molecule has 0 amide bonds. The Morgan fingerprint density at radius 2 is 1.88 bits per heavy atom. The Morgan fingerprint density at radius 1 is 1.09 bits per heavy atom. The second kappa shape index (κ2) is 10.6. The number of aryl methyl sites for hydroxylation is 1. The zero-order chi connectivity index (χ0) is 23.5. The molecule has 1 heterocycles. The number of esters is 1. The fraction of sp³-hybridized carbons (Fsp3) is 0.120. The van der Waals surface area contributed by atoms with Crippen molar-refractivity contribution in [1.82, 2.24) is 0 Å². The zero-order valence-corrected chi connectivity index (χ0v) is 23.6. The Balaban J connectivity index is 1.60. The van der Waals surface area contributed by atoms with Crippen LogP contribution in [0.3, 0.4) is 0 Å². The third kappa shape index (κ3) is 5.60. The van der Waals surface area contributed by atoms with Gasteiger partial charge in [-0.1, -0.05) is 40.2 Å². The van der Waals surface area contributed by atoms with E-state index in [2.05, 4.69) is 66.1 Å². The highest BCUT2D eigenvalue weighted by Gasteiger charge is 2.25. The van der Waals surface area contributed by atoms with Crippen LogP contribution in [0.1, 0.15) is 22.3 Å². The fourth-order valence-corrected chi connectivity index (χ4v) is 4.84. The van der Waals surface area contributed by atoms with E-state index in [1.165, 1.54) is 0 Å². The average molecular weight is 730 g/mol. The van der Waals surface area contributed by atoms with Crippen LogP contribution in [0.15, 0.2) is 69.8 Å². The molecule has 0 atom stereocenters. The van der Waals surface area contributed by atoms with Crippen LogP contribution in [0.25, 0.3) is 6.08 Å². The van der Waals surface area contributed by atoms with Crippen LogP contribution < -0.4 is 9.47 Å². The Labute approximate surface area is 227 Å². The number of carbonyl (C=O) groups is 1. The van der Waals surface area contributed by atoms with E-state index in [-0.39, 0.29) is 5.70 Å². The van der Waals surface area contributed by atoms with Crippen molar-refractivity contribution in [3.8, 4) is 11.5 Å². The molecule has 33 heavy (non-hydrogen) atoms. The maximum Gasteiger partial charge on any atom is 0.363 e. The van der Waals surface area contributed by atoms with Crippen molar-refractivity contribution in [2.75, 3.05) is 7.11 Å². The topological polar surface area (TPSA) is 57.1 Å². The van der Waals surface area contributed by atoms with Crippen LogP contribution in [-0.2, 0) is 16.1 Å². The van der Waals surface area contributed by atoms with Gasteiger partial charge >= 0.3 is 5.97 Å². The number of methoxy groups -OCH3 is 1. The van der Waals surface area contributed by atoms with E-state index in [0.29, 0.717) is 24.0 Å². The number of nitrogens with zero attached hydrogens (tertiary/aromatic N) is 1. The summed E-state index contributed by atoms with van der Waals surface area (Å²) in [6, 6.07) is 17.5. The van der Waals surface area contributed by atoms with E-state index in [1.54, 1.807) is 13.2 Å². The molecule has 3 aromatic carbocycles. The Morgan fingerprint density at radius 3 is 2.61 bits per heavy atom. The van der Waals surface area contributed by atoms with Crippen LogP contribution in [0, 0.1) is 14.1 Å². The van der Waals surface area contributed by atoms with E-state index >= 15 is 0 Å². The van der Waals surface area contributed by atoms with E-state index < -0.39 is 5.97 Å². The zero-order valence-electron chi connectivity index (χ0n) is 17.7. The highest BCUT2D eigenvalue weighted by atomic mass is 127. The Kier molecular flexibility index (Phi) is 7.75. The van der Waals surface area contributed by atoms with E-state index in [9.17, 15) is 4.79 Å². The molecule has 0 saturated heterocycles. The molecule has 0 unspecified atom stereocenters. The molecule has 8 heteroatoms. The molecule has 0 aliphatic carbocycles. The minimum Gasteiger partial charge on any atom is -0.493 e. The minimum absolute atomic E-state index is 0.236. The predicted octanol–water partition coefficient (Wildman–Crippen LogP) is 6.90. The fourth-order valence-electron chi connectivity index (χ4n) is 3.14. The number of halogens is 3. The second-order valence-electron chi connectivity index (χ2n) is 7.21. The lowest BCUT2D eigenvalue weighted by molar-refractivity contribution is -0.129. The summed E-state index contributed by atoms with van der Waals surface area (Å²) in [4.78, 5) is 16.9. The van der Waals surface area contributed by atoms with Crippen molar-refractivity contribution in [2.45, 2.75) is 13.5 Å². The second-order valence-corrected chi connectivity index (χ2v) is 10.4. The molecular formula is C25H18BrI2NO4. The number of ether oxygens (including phenoxy) is 3. The number of carbonyl (C=O) groups excluding carboxylic acids is 1. The van der Waals surface area contributed by atoms with Gasteiger partial charge in [-0.05, 0) is 99.6 Å². The molecule has 0 bridgehead atoms. The lowest BCUT2D eigenvalue weighted by Crippen LogP contribution is -2.05. The quantitative estimate of drug-likeness (QED) is 0.158. The van der Waals surface area contributed by atoms with Crippen molar-refractivity contribution in [2.24, 2.45) is 4.99 Å². The standard InChI is InChI=1S/C25H18BrI2NO4/c1-14-7-8-16(12-19(14)27)24-29-21(25(30)33-24)10-15-9-20(28)23(22(11-15)31-2)32-13-17-5-3-4-6-18(17)26/h3-12H,13H2,1-2H3. The molecule has 3 aromatic rings. The van der Waals surface area contributed by atoms with Crippen LogP contribution in [0.2, 0.25) is 0 Å². The first-order chi connectivity index (χ1) is 15.9. The SMILES string of the molecule is COc1cc(C=C2N=C(c3ccc(C)c(I)c3)OC2=O)cc(I)c1OCc1ccccc1Br. The first-order valence-corrected chi connectivity index (χ1v) is 12.8. The Hall–Kier alpha value is -1.92. The summed E-state index contributed by atoms with van der Waals surface area (Å²) in [6.07, 6.45) is 1.69. The molecule has 0 fully saturated rings. The molecule has 1 aliphatic heterocycles. The third-order valence-electron chi connectivity index (χ3n) is 4.92. The summed E-state index contributed by atoms with van der Waals surface area (Å²) in [6.45, 7) is 2.42. The summed E-state index contributed by atoms with van der Waals surface area (Å²) >= 11 is 7.99. The van der Waals surface area contributed by atoms with Gasteiger partial charge in [-0.3, -0.25) is 0 Å². The molecule has 168 valence electrons. The van der Waals surface area contributed by atoms with Gasteiger partial charge in [-0.25, -0.2) is 9.79 Å². The van der Waals surface area contributed by atoms with Gasteiger partial charge in [-0.2, -0.15) is 0 Å². The van der Waals surface area contributed by atoms with Gasteiger partial charge in [0.05, 0.1) is 10.7 Å². The highest BCUT2D eigenvalue weighted by molar-refractivity contribution is 14.1. The lowest BCUT2D eigenvalue weighted by Gasteiger charge is -2.14. The van der Waals surface area contributed by atoms with E-state index in [4.69, 9.17) is 14.2 Å². The van der Waals surface area contributed by atoms with Crippen molar-refractivity contribution >= 4 is 79.1 Å². The normalized spacial score (nSPS) is 14.3. The summed E-state index contributed by atoms with van der Waals surface area (Å²) in [5.74, 6) is 1.04. The number of hydrogen-bond acceptors (Lipinski definition) is 5. The smallest absolute Gasteiger partial charge is 0.363 e. The largest absolute Gasteiger partial charge is 0.493 e. The Bertz CT molecular complexity index is 1300. The molecule has 0 N–H and O–H groups in total. The predicted molar refractivity (Wildman–Crippen MR) is 149 cm³/mol. The van der Waals surface area contributed by atoms with E-state index in [0.717, 1.165) is 33.9 Å². The third-order valence-corrected chi connectivity index (χ3v) is 7.66. The van der Waals surface area contributed by atoms with Gasteiger partial charge in [0.1, 0.15) is 6.61 Å². The van der Waals surface area contributed by atoms with Gasteiger partial charge in [0.25, 0.3) is 0 Å². The average Bonchev–Trinajstić information content (AvgIpc) is 3.15. The first-order valence-electron chi connectivity index (χ1n) is 9.88. The molecule has 5 nitrogen and oxygen atoms in total. The number of benzene rings is 3. The highest BCUT2D eigenvalue weighted by Crippen LogP contribution is 2.36. The van der Waals surface area contributed by atoms with Crippen molar-refractivity contribution in [3.05, 3.63) is 94.2 Å². The van der Waals surface area contributed by atoms with E-state index in [1.807, 2.05) is 61.5 Å². The van der Waals surface area contributed by atoms with Gasteiger partial charge in [0.2, 0.25) is 5.90 Å². The van der Waals surface area contributed by atoms with Crippen LogP contribution in [0.5, 0.6) is 11.5 Å². The van der Waals surface area contributed by atoms with Crippen LogP contribution in [-0.4, -0.2) is 19.0 Å². The summed E-state index contributed by atoms with van der Waals surface area (Å²) in [5, 5.41) is 0. The summed E-state index contributed by atoms with van der Waals surface area (Å²) in [5.41, 5.74) is 3.96. The molecule has 4 rings (SSSR count). The summed E-state index contributed by atoms with van der Waals surface area (Å²) in [7, 11) is 1.59. The molecule has 0 spiro atoms. The molecular weight excluding hydrogens is 712 g/mol. The van der Waals surface area contributed by atoms with Gasteiger partial charge in [-0.15, -0.1) is 0 Å². The molecule has 1 aliphatic rings. The number of aliphatic imine (C=N–C) groups is 1. The maximum absolute atomic E-state index is 12.4. The monoisotopic (exact) mass is 729 g/mol. The molecule has 0 aromatic heterocycles. The summed E-state index contributed by atoms with van der Waals surface area (Å²) < 4.78 is 20.0. The number of rotatable bonds is 6. The van der Waals surface area contributed by atoms with Crippen LogP contribution in [0.4, 0.5) is 0 Å². The maximum atomic E-state index is 12.4. The molecule has 0 radical (unpaired) electrons. The van der Waals surface area contributed by atoms with Gasteiger partial charge < -0.3 is 14.2 Å². The number of cyclic esters (lactones) is 1.